The topological polar surface area (TPSA) is 82.5 Å². The van der Waals surface area contributed by atoms with Crippen molar-refractivity contribution >= 4 is 23.4 Å². The summed E-state index contributed by atoms with van der Waals surface area (Å²) in [5.74, 6) is -0.538. The Bertz CT molecular complexity index is 1040. The highest BCUT2D eigenvalue weighted by molar-refractivity contribution is 6.30. The van der Waals surface area contributed by atoms with Crippen LogP contribution < -0.4 is 5.32 Å². The number of benzene rings is 1. The molecule has 1 aliphatic rings. The molecule has 2 aromatic rings. The Morgan fingerprint density at radius 3 is 2.36 bits per heavy atom. The van der Waals surface area contributed by atoms with E-state index in [1.807, 2.05) is 59.7 Å². The number of likely N-dealkylation sites (tertiary alicyclic amines) is 1. The largest absolute Gasteiger partial charge is 0.384 e. The normalized spacial score (nSPS) is 21.1. The first-order valence-corrected chi connectivity index (χ1v) is 11.7. The van der Waals surface area contributed by atoms with Crippen LogP contribution in [0.4, 0.5) is 0 Å². The van der Waals surface area contributed by atoms with Gasteiger partial charge in [-0.15, -0.1) is 0 Å². The number of aryl methyl sites for hydroxylation is 2. The van der Waals surface area contributed by atoms with Gasteiger partial charge in [-0.05, 0) is 55.5 Å². The summed E-state index contributed by atoms with van der Waals surface area (Å²) in [4.78, 5) is 32.5. The molecule has 7 heteroatoms. The third-order valence-corrected chi connectivity index (χ3v) is 7.05. The lowest BCUT2D eigenvalue weighted by molar-refractivity contribution is -0.155. The van der Waals surface area contributed by atoms with Crippen LogP contribution in [0.15, 0.2) is 36.5 Å². The Labute approximate surface area is 201 Å². The van der Waals surface area contributed by atoms with E-state index >= 15 is 0 Å². The Morgan fingerprint density at radius 1 is 1.18 bits per heavy atom. The predicted octanol–water partition coefficient (Wildman–Crippen LogP) is 4.25. The summed E-state index contributed by atoms with van der Waals surface area (Å²) in [6.07, 6.45) is 1.95. The van der Waals surface area contributed by atoms with E-state index in [1.54, 1.807) is 23.2 Å². The van der Waals surface area contributed by atoms with Crippen molar-refractivity contribution in [1.82, 2.24) is 15.2 Å². The Balaban J connectivity index is 1.78. The van der Waals surface area contributed by atoms with Gasteiger partial charge in [0.1, 0.15) is 6.04 Å². The van der Waals surface area contributed by atoms with Gasteiger partial charge in [-0.25, -0.2) is 0 Å². The number of rotatable bonds is 5. The van der Waals surface area contributed by atoms with Crippen molar-refractivity contribution in [3.63, 3.8) is 0 Å². The number of nitrogens with one attached hydrogen (secondary N) is 1. The van der Waals surface area contributed by atoms with Crippen LogP contribution in [-0.4, -0.2) is 45.9 Å². The molecule has 178 valence electrons. The fraction of sp³-hybridized carbons (Fsp3) is 0.500. The van der Waals surface area contributed by atoms with E-state index in [1.165, 1.54) is 0 Å². The van der Waals surface area contributed by atoms with E-state index in [0.717, 1.165) is 16.8 Å². The molecule has 2 heterocycles. The number of aromatic nitrogens is 1. The maximum absolute atomic E-state index is 13.5. The molecule has 2 amide bonds. The highest BCUT2D eigenvalue weighted by atomic mass is 35.5. The second kappa shape index (κ2) is 9.43. The summed E-state index contributed by atoms with van der Waals surface area (Å²) in [5.41, 5.74) is 1.23. The molecule has 0 aliphatic carbocycles. The summed E-state index contributed by atoms with van der Waals surface area (Å²) < 4.78 is 0. The number of amides is 2. The number of nitrogens with zero attached hydrogens (tertiary/aromatic N) is 2. The molecule has 1 aromatic carbocycles. The molecule has 0 bridgehead atoms. The van der Waals surface area contributed by atoms with Crippen LogP contribution in [0, 0.1) is 25.2 Å². The van der Waals surface area contributed by atoms with Crippen molar-refractivity contribution < 1.29 is 14.7 Å². The number of pyridine rings is 1. The quantitative estimate of drug-likeness (QED) is 0.682. The lowest BCUT2D eigenvalue weighted by Gasteiger charge is -2.51. The number of hydrogen-bond acceptors (Lipinski definition) is 4. The molecule has 6 nitrogen and oxygen atoms in total. The van der Waals surface area contributed by atoms with Crippen molar-refractivity contribution in [2.24, 2.45) is 11.3 Å². The molecule has 0 unspecified atom stereocenters. The standard InChI is InChI=1S/C26H34ClN3O3/c1-16(2)22(29-23(31)21-14-28-18(4)13-17(21)3)24(32)30-12-11-26(33,25(5,6)15-30)19-7-9-20(27)10-8-19/h7-10,13-14,16,22,33H,11-12,15H2,1-6H3,(H,29,31)/t22-,26+/m1/s1. The summed E-state index contributed by atoms with van der Waals surface area (Å²) in [7, 11) is 0. The van der Waals surface area contributed by atoms with Crippen LogP contribution in [0.3, 0.4) is 0 Å². The first-order valence-electron chi connectivity index (χ1n) is 11.4. The van der Waals surface area contributed by atoms with Crippen LogP contribution in [0.2, 0.25) is 5.02 Å². The molecular formula is C26H34ClN3O3. The highest BCUT2D eigenvalue weighted by Crippen LogP contribution is 2.46. The third-order valence-electron chi connectivity index (χ3n) is 6.79. The molecule has 2 N–H and O–H groups in total. The van der Waals surface area contributed by atoms with Gasteiger partial charge in [-0.1, -0.05) is 51.4 Å². The number of piperidine rings is 1. The fourth-order valence-electron chi connectivity index (χ4n) is 4.63. The lowest BCUT2D eigenvalue weighted by atomic mass is 9.66. The third kappa shape index (κ3) is 5.07. The predicted molar refractivity (Wildman–Crippen MR) is 130 cm³/mol. The van der Waals surface area contributed by atoms with Gasteiger partial charge in [0.15, 0.2) is 0 Å². The SMILES string of the molecule is Cc1cc(C)c(C(=O)N[C@@H](C(=O)N2CC[C@](O)(c3ccc(Cl)cc3)C(C)(C)C2)C(C)C)cn1. The van der Waals surface area contributed by atoms with E-state index in [4.69, 9.17) is 11.6 Å². The monoisotopic (exact) mass is 471 g/mol. The Kier molecular flexibility index (Phi) is 7.20. The molecule has 1 saturated heterocycles. The minimum Gasteiger partial charge on any atom is -0.384 e. The molecule has 0 radical (unpaired) electrons. The molecule has 1 aliphatic heterocycles. The molecule has 1 fully saturated rings. The number of carbonyl (C=O) groups is 2. The van der Waals surface area contributed by atoms with Crippen molar-refractivity contribution in [2.45, 2.75) is 59.6 Å². The van der Waals surface area contributed by atoms with Crippen LogP contribution >= 0.6 is 11.6 Å². The minimum absolute atomic E-state index is 0.0969. The highest BCUT2D eigenvalue weighted by Gasteiger charge is 2.50. The maximum atomic E-state index is 13.5. The Morgan fingerprint density at radius 2 is 1.82 bits per heavy atom. The molecule has 2 atom stereocenters. The van der Waals surface area contributed by atoms with Crippen molar-refractivity contribution in [2.75, 3.05) is 13.1 Å². The number of aliphatic hydroxyl groups is 1. The smallest absolute Gasteiger partial charge is 0.253 e. The first kappa shape index (κ1) is 25.2. The molecular weight excluding hydrogens is 438 g/mol. The van der Waals surface area contributed by atoms with Gasteiger partial charge < -0.3 is 15.3 Å². The number of hydrogen-bond donors (Lipinski definition) is 2. The Hall–Kier alpha value is -2.44. The second-order valence-corrected chi connectivity index (χ2v) is 10.5. The van der Waals surface area contributed by atoms with E-state index < -0.39 is 17.1 Å². The maximum Gasteiger partial charge on any atom is 0.253 e. The van der Waals surface area contributed by atoms with E-state index in [-0.39, 0.29) is 17.7 Å². The zero-order valence-electron chi connectivity index (χ0n) is 20.3. The van der Waals surface area contributed by atoms with Gasteiger partial charge in [0, 0.05) is 35.4 Å². The average Bonchev–Trinajstić information content (AvgIpc) is 2.73. The van der Waals surface area contributed by atoms with Gasteiger partial charge >= 0.3 is 0 Å². The van der Waals surface area contributed by atoms with Gasteiger partial charge in [-0.3, -0.25) is 14.6 Å². The summed E-state index contributed by atoms with van der Waals surface area (Å²) in [5, 5.41) is 15.1. The van der Waals surface area contributed by atoms with Crippen LogP contribution in [-0.2, 0) is 10.4 Å². The zero-order valence-corrected chi connectivity index (χ0v) is 21.0. The first-order chi connectivity index (χ1) is 15.4. The van der Waals surface area contributed by atoms with E-state index in [2.05, 4.69) is 10.3 Å². The lowest BCUT2D eigenvalue weighted by Crippen LogP contribution is -2.60. The number of halogens is 1. The van der Waals surface area contributed by atoms with Crippen molar-refractivity contribution in [1.29, 1.82) is 0 Å². The van der Waals surface area contributed by atoms with Crippen molar-refractivity contribution in [3.8, 4) is 0 Å². The summed E-state index contributed by atoms with van der Waals surface area (Å²) in [6.45, 7) is 12.3. The average molecular weight is 472 g/mol. The molecule has 1 aromatic heterocycles. The van der Waals surface area contributed by atoms with Crippen LogP contribution in [0.1, 0.15) is 61.3 Å². The van der Waals surface area contributed by atoms with E-state index in [9.17, 15) is 14.7 Å². The van der Waals surface area contributed by atoms with Crippen molar-refractivity contribution in [3.05, 3.63) is 63.9 Å². The molecule has 3 rings (SSSR count). The minimum atomic E-state index is -1.09. The van der Waals surface area contributed by atoms with Crippen LogP contribution in [0.5, 0.6) is 0 Å². The molecule has 33 heavy (non-hydrogen) atoms. The van der Waals surface area contributed by atoms with E-state index in [0.29, 0.717) is 30.1 Å². The zero-order chi connectivity index (χ0) is 24.6. The number of carbonyl (C=O) groups excluding carboxylic acids is 2. The van der Waals surface area contributed by atoms with Gasteiger partial charge in [-0.2, -0.15) is 0 Å². The summed E-state index contributed by atoms with van der Waals surface area (Å²) >= 11 is 6.03. The fourth-order valence-corrected chi connectivity index (χ4v) is 4.76. The second-order valence-electron chi connectivity index (χ2n) is 10.1. The summed E-state index contributed by atoms with van der Waals surface area (Å²) in [6, 6.07) is 8.42. The van der Waals surface area contributed by atoms with Crippen LogP contribution in [0.25, 0.3) is 0 Å². The molecule has 0 saturated carbocycles. The van der Waals surface area contributed by atoms with Gasteiger partial charge in [0.2, 0.25) is 5.91 Å². The van der Waals surface area contributed by atoms with Gasteiger partial charge in [0.05, 0.1) is 11.2 Å². The van der Waals surface area contributed by atoms with Gasteiger partial charge in [0.25, 0.3) is 5.91 Å². The molecule has 0 spiro atoms.